The molecule has 0 aromatic heterocycles. The van der Waals surface area contributed by atoms with E-state index in [-0.39, 0.29) is 4.75 Å². The summed E-state index contributed by atoms with van der Waals surface area (Å²) in [6.45, 7) is 6.47. The Morgan fingerprint density at radius 2 is 1.50 bits per heavy atom. The minimum absolute atomic E-state index is 0.331. The second-order valence-electron chi connectivity index (χ2n) is 6.56. The molecular weight excluding hydrogens is 294 g/mol. The smallest absolute Gasteiger partial charge is 0.321 e. The normalized spacial score (nSPS) is 15.5. The van der Waals surface area contributed by atoms with Gasteiger partial charge in [0.05, 0.1) is 0 Å². The van der Waals surface area contributed by atoms with Crippen LogP contribution in [0, 0.1) is 0 Å². The Morgan fingerprint density at radius 1 is 1.00 bits per heavy atom. The molecule has 0 saturated carbocycles. The Hall–Kier alpha value is -0.220. The van der Waals surface area contributed by atoms with E-state index in [1.807, 2.05) is 6.92 Å². The highest BCUT2D eigenvalue weighted by Crippen LogP contribution is 2.34. The molecule has 3 nitrogen and oxygen atoms in total. The van der Waals surface area contributed by atoms with Gasteiger partial charge in [0.15, 0.2) is 0 Å². The first-order valence-electron chi connectivity index (χ1n) is 9.10. The molecule has 0 rings (SSSR count). The van der Waals surface area contributed by atoms with Crippen molar-refractivity contribution in [2.45, 2.75) is 102 Å². The van der Waals surface area contributed by atoms with Gasteiger partial charge in [0.25, 0.3) is 0 Å². The molecule has 0 amide bonds. The van der Waals surface area contributed by atoms with E-state index >= 15 is 0 Å². The maximum atomic E-state index is 11.3. The van der Waals surface area contributed by atoms with Crippen molar-refractivity contribution in [3.05, 3.63) is 0 Å². The van der Waals surface area contributed by atoms with E-state index in [1.54, 1.807) is 11.8 Å². The summed E-state index contributed by atoms with van der Waals surface area (Å²) >= 11 is 1.77. The SMILES string of the molecule is CCCCCCCCC(C)(SCCCCCC)C(N)C(=O)O. The molecule has 132 valence electrons. The van der Waals surface area contributed by atoms with Crippen molar-refractivity contribution in [2.75, 3.05) is 5.75 Å². The lowest BCUT2D eigenvalue weighted by atomic mass is 9.94. The molecule has 0 aliphatic rings. The first kappa shape index (κ1) is 21.8. The summed E-state index contributed by atoms with van der Waals surface area (Å²) in [6, 6.07) is -0.765. The predicted molar refractivity (Wildman–Crippen MR) is 98.6 cm³/mol. The summed E-state index contributed by atoms with van der Waals surface area (Å²) in [5.74, 6) is 0.155. The fourth-order valence-corrected chi connectivity index (χ4v) is 4.05. The summed E-state index contributed by atoms with van der Waals surface area (Å²) in [5, 5.41) is 9.29. The van der Waals surface area contributed by atoms with E-state index in [2.05, 4.69) is 13.8 Å². The highest BCUT2D eigenvalue weighted by molar-refractivity contribution is 8.00. The lowest BCUT2D eigenvalue weighted by Gasteiger charge is -2.32. The third-order valence-corrected chi connectivity index (χ3v) is 5.99. The molecule has 22 heavy (non-hydrogen) atoms. The van der Waals surface area contributed by atoms with E-state index in [4.69, 9.17) is 5.73 Å². The van der Waals surface area contributed by atoms with Gasteiger partial charge in [0, 0.05) is 4.75 Å². The maximum Gasteiger partial charge on any atom is 0.321 e. The molecule has 0 aliphatic heterocycles. The summed E-state index contributed by atoms with van der Waals surface area (Å²) < 4.78 is -0.331. The van der Waals surface area contributed by atoms with Gasteiger partial charge in [-0.1, -0.05) is 71.6 Å². The van der Waals surface area contributed by atoms with Gasteiger partial charge in [0.1, 0.15) is 6.04 Å². The maximum absolute atomic E-state index is 11.3. The number of hydrogen-bond acceptors (Lipinski definition) is 3. The van der Waals surface area contributed by atoms with Gasteiger partial charge in [-0.25, -0.2) is 0 Å². The number of unbranched alkanes of at least 4 members (excludes halogenated alkanes) is 8. The van der Waals surface area contributed by atoms with Crippen LogP contribution in [0.5, 0.6) is 0 Å². The van der Waals surface area contributed by atoms with Gasteiger partial charge in [-0.2, -0.15) is 11.8 Å². The van der Waals surface area contributed by atoms with Crippen molar-refractivity contribution in [3.8, 4) is 0 Å². The lowest BCUT2D eigenvalue weighted by Crippen LogP contribution is -2.48. The average Bonchev–Trinajstić information content (AvgIpc) is 2.49. The minimum Gasteiger partial charge on any atom is -0.480 e. The number of rotatable bonds is 15. The van der Waals surface area contributed by atoms with Gasteiger partial charge in [-0.3, -0.25) is 4.79 Å². The molecule has 0 aromatic rings. The van der Waals surface area contributed by atoms with E-state index < -0.39 is 12.0 Å². The van der Waals surface area contributed by atoms with Crippen LogP contribution in [0.15, 0.2) is 0 Å². The van der Waals surface area contributed by atoms with E-state index in [1.165, 1.54) is 51.4 Å². The summed E-state index contributed by atoms with van der Waals surface area (Å²) in [7, 11) is 0. The minimum atomic E-state index is -0.866. The molecule has 0 aromatic carbocycles. The number of carboxylic acid groups (broad SMARTS) is 1. The lowest BCUT2D eigenvalue weighted by molar-refractivity contribution is -0.139. The average molecular weight is 332 g/mol. The number of nitrogens with two attached hydrogens (primary N) is 1. The number of thioether (sulfide) groups is 1. The number of carbonyl (C=O) groups is 1. The first-order valence-corrected chi connectivity index (χ1v) is 10.1. The van der Waals surface area contributed by atoms with Gasteiger partial charge in [0.2, 0.25) is 0 Å². The molecule has 4 heteroatoms. The van der Waals surface area contributed by atoms with Gasteiger partial charge in [-0.05, 0) is 25.5 Å². The number of hydrogen-bond donors (Lipinski definition) is 2. The van der Waals surface area contributed by atoms with E-state index in [0.29, 0.717) is 0 Å². The van der Waals surface area contributed by atoms with Gasteiger partial charge in [-0.15, -0.1) is 0 Å². The van der Waals surface area contributed by atoms with Crippen LogP contribution >= 0.6 is 11.8 Å². The van der Waals surface area contributed by atoms with E-state index in [0.717, 1.165) is 25.0 Å². The van der Waals surface area contributed by atoms with Gasteiger partial charge >= 0.3 is 5.97 Å². The summed E-state index contributed by atoms with van der Waals surface area (Å²) in [6.07, 6.45) is 13.2. The van der Waals surface area contributed by atoms with Crippen molar-refractivity contribution < 1.29 is 9.90 Å². The van der Waals surface area contributed by atoms with Crippen LogP contribution in [-0.2, 0) is 4.79 Å². The van der Waals surface area contributed by atoms with Gasteiger partial charge < -0.3 is 10.8 Å². The zero-order valence-electron chi connectivity index (χ0n) is 14.9. The van der Waals surface area contributed by atoms with Crippen LogP contribution in [-0.4, -0.2) is 27.6 Å². The van der Waals surface area contributed by atoms with E-state index in [9.17, 15) is 9.90 Å². The summed E-state index contributed by atoms with van der Waals surface area (Å²) in [5.41, 5.74) is 5.98. The fraction of sp³-hybridized carbons (Fsp3) is 0.944. The zero-order chi connectivity index (χ0) is 16.8. The monoisotopic (exact) mass is 331 g/mol. The fourth-order valence-electron chi connectivity index (χ4n) is 2.67. The van der Waals surface area contributed by atoms with Crippen molar-refractivity contribution in [1.82, 2.24) is 0 Å². The van der Waals surface area contributed by atoms with Crippen molar-refractivity contribution in [2.24, 2.45) is 5.73 Å². The quantitative estimate of drug-likeness (QED) is 0.404. The molecule has 0 bridgehead atoms. The predicted octanol–water partition coefficient (Wildman–Crippen LogP) is 5.22. The Morgan fingerprint density at radius 3 is 2.05 bits per heavy atom. The van der Waals surface area contributed by atoms with Crippen LogP contribution in [0.2, 0.25) is 0 Å². The van der Waals surface area contributed by atoms with Crippen molar-refractivity contribution in [1.29, 1.82) is 0 Å². The summed E-state index contributed by atoms with van der Waals surface area (Å²) in [4.78, 5) is 11.3. The zero-order valence-corrected chi connectivity index (χ0v) is 15.7. The molecular formula is C18H37NO2S. The second-order valence-corrected chi connectivity index (χ2v) is 8.19. The van der Waals surface area contributed by atoms with Crippen LogP contribution < -0.4 is 5.73 Å². The molecule has 0 aliphatic carbocycles. The third kappa shape index (κ3) is 9.73. The Labute approximate surface area is 141 Å². The molecule has 2 unspecified atom stereocenters. The highest BCUT2D eigenvalue weighted by Gasteiger charge is 2.36. The highest BCUT2D eigenvalue weighted by atomic mass is 32.2. The Bertz CT molecular complexity index is 286. The van der Waals surface area contributed by atoms with Crippen LogP contribution in [0.25, 0.3) is 0 Å². The third-order valence-electron chi connectivity index (χ3n) is 4.38. The first-order chi connectivity index (χ1) is 10.5. The standard InChI is InChI=1S/C18H37NO2S/c1-4-6-8-10-11-12-14-18(3,16(19)17(20)21)22-15-13-9-7-5-2/h16H,4-15,19H2,1-3H3,(H,20,21). The molecule has 0 radical (unpaired) electrons. The Balaban J connectivity index is 4.20. The van der Waals surface area contributed by atoms with Crippen LogP contribution in [0.1, 0.15) is 91.4 Å². The molecule has 0 spiro atoms. The van der Waals surface area contributed by atoms with Crippen molar-refractivity contribution in [3.63, 3.8) is 0 Å². The molecule has 0 fully saturated rings. The number of carboxylic acids is 1. The number of aliphatic carboxylic acids is 1. The Kier molecular flexibility index (Phi) is 13.1. The van der Waals surface area contributed by atoms with Crippen molar-refractivity contribution >= 4 is 17.7 Å². The second kappa shape index (κ2) is 13.2. The van der Waals surface area contributed by atoms with Crippen LogP contribution in [0.4, 0.5) is 0 Å². The molecule has 0 saturated heterocycles. The molecule has 0 heterocycles. The topological polar surface area (TPSA) is 63.3 Å². The largest absolute Gasteiger partial charge is 0.480 e. The molecule has 3 N–H and O–H groups in total. The van der Waals surface area contributed by atoms with Crippen LogP contribution in [0.3, 0.4) is 0 Å². The molecule has 2 atom stereocenters.